The van der Waals surface area contributed by atoms with Gasteiger partial charge < -0.3 is 39.4 Å². The molecule has 0 atom stereocenters. The summed E-state index contributed by atoms with van der Waals surface area (Å²) in [4.78, 5) is 56.1. The molecule has 85 heavy (non-hydrogen) atoms. The van der Waals surface area contributed by atoms with Crippen molar-refractivity contribution in [3.63, 3.8) is 0 Å². The largest absolute Gasteiger partial charge is 0.507 e. The number of hydrogen-bond donors (Lipinski definition) is 4. The molecule has 0 aromatic heterocycles. The number of ether oxygens (including phenoxy) is 4. The number of phenolic OH excluding ortho intramolecular Hbond substituents is 4. The predicted molar refractivity (Wildman–Crippen MR) is 342 cm³/mol. The van der Waals surface area contributed by atoms with Crippen LogP contribution in [0.3, 0.4) is 0 Å². The summed E-state index contributed by atoms with van der Waals surface area (Å²) >= 11 is 0. The highest BCUT2D eigenvalue weighted by Gasteiger charge is 2.40. The number of aryl methyl sites for hydroxylation is 4. The van der Waals surface area contributed by atoms with Crippen molar-refractivity contribution in [1.29, 1.82) is 0 Å². The quantitative estimate of drug-likeness (QED) is 0.0485. The fourth-order valence-electron chi connectivity index (χ4n) is 11.3. The van der Waals surface area contributed by atoms with Crippen molar-refractivity contribution in [2.24, 2.45) is 5.41 Å². The van der Waals surface area contributed by atoms with Crippen molar-refractivity contribution >= 4 is 23.9 Å². The highest BCUT2D eigenvalue weighted by Crippen LogP contribution is 2.46. The van der Waals surface area contributed by atoms with Crippen LogP contribution in [0.2, 0.25) is 0 Å². The van der Waals surface area contributed by atoms with E-state index in [-0.39, 0.29) is 96.0 Å². The lowest BCUT2D eigenvalue weighted by atomic mass is 9.74. The zero-order chi connectivity index (χ0) is 65.0. The van der Waals surface area contributed by atoms with Crippen LogP contribution in [0.1, 0.15) is 259 Å². The first-order valence-electron chi connectivity index (χ1n) is 30.6. The van der Waals surface area contributed by atoms with Crippen molar-refractivity contribution in [2.75, 3.05) is 26.4 Å². The van der Waals surface area contributed by atoms with E-state index in [2.05, 4.69) is 83.1 Å². The van der Waals surface area contributed by atoms with Crippen molar-refractivity contribution in [3.05, 3.63) is 115 Å². The molecule has 12 heteroatoms. The van der Waals surface area contributed by atoms with E-state index in [1.807, 2.05) is 132 Å². The Balaban J connectivity index is 1.75. The second kappa shape index (κ2) is 26.5. The van der Waals surface area contributed by atoms with Crippen molar-refractivity contribution in [1.82, 2.24) is 0 Å². The van der Waals surface area contributed by atoms with Gasteiger partial charge in [0.2, 0.25) is 0 Å². The second-order valence-electron chi connectivity index (χ2n) is 32.1. The Bertz CT molecular complexity index is 2610. The molecule has 0 heterocycles. The summed E-state index contributed by atoms with van der Waals surface area (Å²) in [6.45, 7) is 47.4. The molecule has 4 rings (SSSR count). The van der Waals surface area contributed by atoms with Gasteiger partial charge >= 0.3 is 23.9 Å². The molecular formula is C73H108O12. The summed E-state index contributed by atoms with van der Waals surface area (Å²) in [7, 11) is 0. The molecule has 0 amide bonds. The molecule has 0 fully saturated rings. The molecule has 4 aromatic rings. The summed E-state index contributed by atoms with van der Waals surface area (Å²) in [5.74, 6) is -2.21. The zero-order valence-electron chi connectivity index (χ0n) is 56.7. The zero-order valence-corrected chi connectivity index (χ0v) is 56.7. The SMILES string of the molecule is CC(C)(C)c1ccc(CCC(=O)OCC(COC(=O)CCc2ccc(C(C)(C)C)c(C(C)(C)C)c2O)(COC(=O)CCc2ccc(C(C)(C)C)c(C(C)(C)C)c2O)COC(=O)CCc2ccc(C(C)(C)C)c(C(C)(C)C)c2O)c(O)c1C(C)(C)C. The topological polar surface area (TPSA) is 186 Å². The maximum absolute atomic E-state index is 14.0. The Hall–Kier alpha value is -6.04. The van der Waals surface area contributed by atoms with E-state index in [1.165, 1.54) is 0 Å². The lowest BCUT2D eigenvalue weighted by molar-refractivity contribution is -0.170. The molecule has 0 spiro atoms. The molecule has 0 saturated carbocycles. The van der Waals surface area contributed by atoms with Crippen LogP contribution in [0, 0.1) is 5.41 Å². The molecule has 0 aliphatic rings. The molecule has 0 bridgehead atoms. The van der Waals surface area contributed by atoms with Gasteiger partial charge in [-0.3, -0.25) is 19.2 Å². The van der Waals surface area contributed by atoms with E-state index in [0.717, 1.165) is 44.5 Å². The Morgan fingerprint density at radius 1 is 0.282 bits per heavy atom. The normalized spacial score (nSPS) is 13.2. The highest BCUT2D eigenvalue weighted by molar-refractivity contribution is 5.73. The molecular weight excluding hydrogens is 1070 g/mol. The van der Waals surface area contributed by atoms with Gasteiger partial charge in [-0.1, -0.05) is 215 Å². The van der Waals surface area contributed by atoms with Crippen LogP contribution >= 0.6 is 0 Å². The van der Waals surface area contributed by atoms with Gasteiger partial charge in [-0.15, -0.1) is 0 Å². The average molecular weight is 1180 g/mol. The number of phenols is 4. The molecule has 4 N–H and O–H groups in total. The van der Waals surface area contributed by atoms with E-state index in [1.54, 1.807) is 0 Å². The Labute approximate surface area is 511 Å². The van der Waals surface area contributed by atoms with Crippen LogP contribution in [0.5, 0.6) is 23.0 Å². The summed E-state index contributed by atoms with van der Waals surface area (Å²) in [5, 5.41) is 47.0. The molecule has 0 aliphatic carbocycles. The average Bonchev–Trinajstić information content (AvgIpc) is 1.30. The summed E-state index contributed by atoms with van der Waals surface area (Å²) in [5.41, 5.74) is 5.02. The Kier molecular flexibility index (Phi) is 22.3. The number of esters is 4. The van der Waals surface area contributed by atoms with Crippen LogP contribution in [0.25, 0.3) is 0 Å². The third kappa shape index (κ3) is 19.0. The maximum atomic E-state index is 14.0. The molecule has 0 unspecified atom stereocenters. The van der Waals surface area contributed by atoms with Crippen LogP contribution in [0.4, 0.5) is 0 Å². The van der Waals surface area contributed by atoms with Crippen LogP contribution in [-0.2, 0) is 107 Å². The minimum Gasteiger partial charge on any atom is -0.507 e. The first-order chi connectivity index (χ1) is 38.5. The molecule has 0 aliphatic heterocycles. The molecule has 0 radical (unpaired) electrons. The Morgan fingerprint density at radius 2 is 0.447 bits per heavy atom. The van der Waals surface area contributed by atoms with E-state index in [0.29, 0.717) is 22.3 Å². The monoisotopic (exact) mass is 1180 g/mol. The number of aromatic hydroxyl groups is 4. The summed E-state index contributed by atoms with van der Waals surface area (Å²) < 4.78 is 24.1. The minimum absolute atomic E-state index is 0.113. The van der Waals surface area contributed by atoms with Crippen molar-refractivity contribution in [3.8, 4) is 23.0 Å². The van der Waals surface area contributed by atoms with Crippen LogP contribution in [0.15, 0.2) is 48.5 Å². The third-order valence-electron chi connectivity index (χ3n) is 15.8. The van der Waals surface area contributed by atoms with E-state index >= 15 is 0 Å². The van der Waals surface area contributed by atoms with E-state index in [4.69, 9.17) is 18.9 Å². The van der Waals surface area contributed by atoms with Crippen molar-refractivity contribution in [2.45, 2.75) is 261 Å². The number of hydrogen-bond acceptors (Lipinski definition) is 12. The minimum atomic E-state index is -1.64. The standard InChI is InChI=1S/C73H108O12/c1-65(2,3)49-33-25-45(61(78)57(49)69(13,14)15)29-37-53(74)82-41-73(42-83-54(75)38-30-46-26-34-50(66(4,5)6)58(62(46)79)70(16,17)18,43-84-55(76)39-31-47-27-35-51(67(7,8)9)59(63(47)80)71(19,20)21)44-85-56(77)40-32-48-28-36-52(68(10,11)12)60(64(48)81)72(22,23)24/h25-28,33-36,78-81H,29-32,37-44H2,1-24H3. The van der Waals surface area contributed by atoms with E-state index in [9.17, 15) is 39.6 Å². The van der Waals surface area contributed by atoms with Gasteiger partial charge in [-0.25, -0.2) is 0 Å². The lowest BCUT2D eigenvalue weighted by Gasteiger charge is -2.32. The fourth-order valence-corrected chi connectivity index (χ4v) is 11.3. The maximum Gasteiger partial charge on any atom is 0.306 e. The fraction of sp³-hybridized carbons (Fsp3) is 0.616. The van der Waals surface area contributed by atoms with Gasteiger partial charge in [-0.05, 0) is 114 Å². The van der Waals surface area contributed by atoms with Gasteiger partial charge in [0.25, 0.3) is 0 Å². The van der Waals surface area contributed by atoms with Gasteiger partial charge in [0, 0.05) is 47.9 Å². The van der Waals surface area contributed by atoms with Crippen LogP contribution < -0.4 is 0 Å². The first kappa shape index (κ1) is 71.4. The summed E-state index contributed by atoms with van der Waals surface area (Å²) in [6.07, 6.45) is -0.0982. The smallest absolute Gasteiger partial charge is 0.306 e. The molecule has 4 aromatic carbocycles. The number of carbonyl (C=O) groups excluding carboxylic acids is 4. The molecule has 12 nitrogen and oxygen atoms in total. The second-order valence-corrected chi connectivity index (χ2v) is 32.1. The molecule has 0 saturated heterocycles. The van der Waals surface area contributed by atoms with Gasteiger partial charge in [0.1, 0.15) is 54.8 Å². The lowest BCUT2D eigenvalue weighted by Crippen LogP contribution is -2.44. The number of benzene rings is 4. The van der Waals surface area contributed by atoms with Crippen molar-refractivity contribution < 1.29 is 58.6 Å². The van der Waals surface area contributed by atoms with Gasteiger partial charge in [0.05, 0.1) is 0 Å². The van der Waals surface area contributed by atoms with Gasteiger partial charge in [-0.2, -0.15) is 0 Å². The molecule has 472 valence electrons. The number of carbonyl (C=O) groups is 4. The summed E-state index contributed by atoms with van der Waals surface area (Å²) in [6, 6.07) is 15.3. The highest BCUT2D eigenvalue weighted by atomic mass is 16.6. The van der Waals surface area contributed by atoms with E-state index < -0.39 is 77.4 Å². The number of rotatable bonds is 20. The predicted octanol–water partition coefficient (Wildman–Crippen LogP) is 15.9. The Morgan fingerprint density at radius 3 is 0.588 bits per heavy atom. The van der Waals surface area contributed by atoms with Gasteiger partial charge in [0.15, 0.2) is 0 Å². The third-order valence-corrected chi connectivity index (χ3v) is 15.8. The first-order valence-corrected chi connectivity index (χ1v) is 30.6. The van der Waals surface area contributed by atoms with Crippen LogP contribution in [-0.4, -0.2) is 70.7 Å².